The van der Waals surface area contributed by atoms with Gasteiger partial charge in [0.15, 0.2) is 0 Å². The highest BCUT2D eigenvalue weighted by Crippen LogP contribution is 2.40. The minimum atomic E-state index is -1.15. The summed E-state index contributed by atoms with van der Waals surface area (Å²) in [4.78, 5) is 0.662. The van der Waals surface area contributed by atoms with Crippen molar-refractivity contribution in [2.75, 3.05) is 6.54 Å². The molecule has 5 heteroatoms. The van der Waals surface area contributed by atoms with Crippen LogP contribution in [0, 0.1) is 5.41 Å². The van der Waals surface area contributed by atoms with E-state index in [2.05, 4.69) is 26.1 Å². The fourth-order valence-corrected chi connectivity index (χ4v) is 5.74. The molecule has 0 bridgehead atoms. The molecule has 0 aliphatic heterocycles. The van der Waals surface area contributed by atoms with E-state index in [4.69, 9.17) is 23.2 Å². The van der Waals surface area contributed by atoms with Gasteiger partial charge in [-0.15, -0.1) is 0 Å². The van der Waals surface area contributed by atoms with Gasteiger partial charge in [-0.25, -0.2) is 0 Å². The van der Waals surface area contributed by atoms with Gasteiger partial charge in [0.1, 0.15) is 0 Å². The Morgan fingerprint density at radius 1 is 1.38 bits per heavy atom. The van der Waals surface area contributed by atoms with Crippen LogP contribution >= 0.6 is 23.2 Å². The zero-order valence-corrected chi connectivity index (χ0v) is 15.1. The highest BCUT2D eigenvalue weighted by atomic mass is 35.5. The minimum absolute atomic E-state index is 0.0738. The van der Waals surface area contributed by atoms with Crippen molar-refractivity contribution >= 4 is 34.0 Å². The molecule has 2 rings (SSSR count). The van der Waals surface area contributed by atoms with Gasteiger partial charge in [-0.3, -0.25) is 4.21 Å². The molecular formula is C16H23Cl2NOS. The van der Waals surface area contributed by atoms with Gasteiger partial charge in [-0.1, -0.05) is 50.4 Å². The van der Waals surface area contributed by atoms with Crippen molar-refractivity contribution in [2.24, 2.45) is 5.41 Å². The van der Waals surface area contributed by atoms with Gasteiger partial charge in [-0.2, -0.15) is 0 Å². The molecule has 2 nitrogen and oxygen atoms in total. The molecule has 1 aromatic rings. The monoisotopic (exact) mass is 347 g/mol. The first kappa shape index (κ1) is 17.3. The maximum atomic E-state index is 13.1. The van der Waals surface area contributed by atoms with E-state index in [0.29, 0.717) is 14.9 Å². The Kier molecular flexibility index (Phi) is 5.75. The summed E-state index contributed by atoms with van der Waals surface area (Å²) >= 11 is 12.3. The van der Waals surface area contributed by atoms with Gasteiger partial charge in [0.2, 0.25) is 0 Å². The Balaban J connectivity index is 2.33. The molecule has 21 heavy (non-hydrogen) atoms. The van der Waals surface area contributed by atoms with Gasteiger partial charge in [-0.05, 0) is 43.0 Å². The molecule has 0 heterocycles. The zero-order chi connectivity index (χ0) is 15.6. The van der Waals surface area contributed by atoms with Crippen molar-refractivity contribution in [1.29, 1.82) is 0 Å². The van der Waals surface area contributed by atoms with Crippen LogP contribution in [0.3, 0.4) is 0 Å². The molecular weight excluding hydrogens is 325 g/mol. The van der Waals surface area contributed by atoms with Crippen LogP contribution in [0.1, 0.15) is 40.0 Å². The minimum Gasteiger partial charge on any atom is -0.313 e. The molecule has 118 valence electrons. The van der Waals surface area contributed by atoms with E-state index in [-0.39, 0.29) is 16.7 Å². The van der Waals surface area contributed by atoms with Crippen LogP contribution < -0.4 is 5.32 Å². The van der Waals surface area contributed by atoms with Crippen molar-refractivity contribution in [3.8, 4) is 0 Å². The summed E-state index contributed by atoms with van der Waals surface area (Å²) in [7, 11) is -1.15. The number of nitrogens with one attached hydrogen (secondary N) is 1. The largest absolute Gasteiger partial charge is 0.313 e. The molecule has 1 fully saturated rings. The second-order valence-electron chi connectivity index (χ2n) is 6.33. The van der Waals surface area contributed by atoms with Crippen LogP contribution in [0.4, 0.5) is 0 Å². The Labute approximate surface area is 140 Å². The van der Waals surface area contributed by atoms with Gasteiger partial charge in [0.25, 0.3) is 0 Å². The Morgan fingerprint density at radius 2 is 2.10 bits per heavy atom. The fraction of sp³-hybridized carbons (Fsp3) is 0.625. The molecule has 0 radical (unpaired) electrons. The maximum Gasteiger partial charge on any atom is 0.0592 e. The lowest BCUT2D eigenvalue weighted by Gasteiger charge is -2.44. The zero-order valence-electron chi connectivity index (χ0n) is 12.8. The van der Waals surface area contributed by atoms with Crippen LogP contribution in [0.25, 0.3) is 0 Å². The average Bonchev–Trinajstić information content (AvgIpc) is 2.43. The highest BCUT2D eigenvalue weighted by molar-refractivity contribution is 7.85. The summed E-state index contributed by atoms with van der Waals surface area (Å²) in [5.74, 6) is 0. The summed E-state index contributed by atoms with van der Waals surface area (Å²) in [6.45, 7) is 7.48. The van der Waals surface area contributed by atoms with E-state index in [1.165, 1.54) is 0 Å². The first-order chi connectivity index (χ1) is 9.86. The average molecular weight is 348 g/mol. The van der Waals surface area contributed by atoms with E-state index in [1.54, 1.807) is 18.2 Å². The first-order valence-corrected chi connectivity index (χ1v) is 9.42. The molecule has 0 amide bonds. The van der Waals surface area contributed by atoms with Crippen LogP contribution in [0.2, 0.25) is 10.0 Å². The van der Waals surface area contributed by atoms with Gasteiger partial charge in [0.05, 0.1) is 26.0 Å². The van der Waals surface area contributed by atoms with Crippen molar-refractivity contribution in [3.63, 3.8) is 0 Å². The van der Waals surface area contributed by atoms with E-state index in [0.717, 1.165) is 25.8 Å². The SMILES string of the molecule is CCNC1C(S(=O)c2cc(Cl)ccc2Cl)CCCC1(C)C. The standard InChI is InChI=1S/C16H23Cl2NOS/c1-4-19-15-13(6-5-9-16(15,2)3)21(20)14-10-11(17)7-8-12(14)18/h7-8,10,13,15,19H,4-6,9H2,1-3H3. The molecule has 1 saturated carbocycles. The van der Waals surface area contributed by atoms with E-state index < -0.39 is 10.8 Å². The topological polar surface area (TPSA) is 29.1 Å². The number of hydrogen-bond donors (Lipinski definition) is 1. The lowest BCUT2D eigenvalue weighted by Crippen LogP contribution is -2.54. The Hall–Kier alpha value is -0.0900. The predicted molar refractivity (Wildman–Crippen MR) is 91.8 cm³/mol. The second kappa shape index (κ2) is 6.99. The maximum absolute atomic E-state index is 13.1. The summed E-state index contributed by atoms with van der Waals surface area (Å²) < 4.78 is 13.1. The molecule has 1 aliphatic rings. The molecule has 3 atom stereocenters. The normalized spacial score (nSPS) is 26.5. The number of benzene rings is 1. The van der Waals surface area contributed by atoms with Gasteiger partial charge in [0, 0.05) is 11.1 Å². The van der Waals surface area contributed by atoms with E-state index >= 15 is 0 Å². The molecule has 0 aromatic heterocycles. The third kappa shape index (κ3) is 3.82. The van der Waals surface area contributed by atoms with Crippen LogP contribution in [-0.2, 0) is 10.8 Å². The quantitative estimate of drug-likeness (QED) is 0.858. The molecule has 1 N–H and O–H groups in total. The van der Waals surface area contributed by atoms with Crippen molar-refractivity contribution in [1.82, 2.24) is 5.32 Å². The lowest BCUT2D eigenvalue weighted by molar-refractivity contribution is 0.174. The van der Waals surface area contributed by atoms with Crippen molar-refractivity contribution in [3.05, 3.63) is 28.2 Å². The van der Waals surface area contributed by atoms with Crippen LogP contribution in [0.15, 0.2) is 23.1 Å². The summed E-state index contributed by atoms with van der Waals surface area (Å²) in [6, 6.07) is 5.43. The van der Waals surface area contributed by atoms with Crippen LogP contribution in [0.5, 0.6) is 0 Å². The third-order valence-electron chi connectivity index (χ3n) is 4.33. The van der Waals surface area contributed by atoms with E-state index in [1.807, 2.05) is 0 Å². The van der Waals surface area contributed by atoms with Gasteiger partial charge < -0.3 is 5.32 Å². The fourth-order valence-electron chi connectivity index (χ4n) is 3.24. The molecule has 3 unspecified atom stereocenters. The Bertz CT molecular complexity index is 533. The summed E-state index contributed by atoms with van der Waals surface area (Å²) in [6.07, 6.45) is 3.21. The Morgan fingerprint density at radius 3 is 2.76 bits per heavy atom. The predicted octanol–water partition coefficient (Wildman–Crippen LogP) is 4.66. The molecule has 1 aliphatic carbocycles. The van der Waals surface area contributed by atoms with Crippen molar-refractivity contribution in [2.45, 2.75) is 56.2 Å². The second-order valence-corrected chi connectivity index (χ2v) is 8.81. The third-order valence-corrected chi connectivity index (χ3v) is 6.84. The van der Waals surface area contributed by atoms with Crippen LogP contribution in [-0.4, -0.2) is 22.0 Å². The highest BCUT2D eigenvalue weighted by Gasteiger charge is 2.41. The van der Waals surface area contributed by atoms with Crippen molar-refractivity contribution < 1.29 is 4.21 Å². The summed E-state index contributed by atoms with van der Waals surface area (Å²) in [5.41, 5.74) is 0.139. The number of hydrogen-bond acceptors (Lipinski definition) is 2. The number of halogens is 2. The smallest absolute Gasteiger partial charge is 0.0592 e. The first-order valence-electron chi connectivity index (χ1n) is 7.46. The summed E-state index contributed by atoms with van der Waals surface area (Å²) in [5, 5.41) is 4.73. The number of rotatable bonds is 4. The van der Waals surface area contributed by atoms with E-state index in [9.17, 15) is 4.21 Å². The molecule has 0 spiro atoms. The lowest BCUT2D eigenvalue weighted by atomic mass is 9.73. The van der Waals surface area contributed by atoms with Gasteiger partial charge >= 0.3 is 0 Å². The molecule has 0 saturated heterocycles. The molecule has 1 aromatic carbocycles.